The molecule has 33 heavy (non-hydrogen) atoms. The second-order valence-corrected chi connectivity index (χ2v) is 9.76. The molecule has 0 radical (unpaired) electrons. The van der Waals surface area contributed by atoms with Gasteiger partial charge in [-0.25, -0.2) is 0 Å². The van der Waals surface area contributed by atoms with Crippen molar-refractivity contribution in [3.8, 4) is 5.75 Å². The second-order valence-electron chi connectivity index (χ2n) is 9.76. The Bertz CT molecular complexity index is 972. The Kier molecular flexibility index (Phi) is 10.3. The van der Waals surface area contributed by atoms with E-state index >= 15 is 0 Å². The molecule has 3 aromatic carbocycles. The number of halogens is 2. The van der Waals surface area contributed by atoms with Gasteiger partial charge >= 0.3 is 0 Å². The number of hydrogen-bond donors (Lipinski definition) is 1. The number of benzene rings is 3. The van der Waals surface area contributed by atoms with Crippen LogP contribution >= 0.6 is 24.8 Å². The van der Waals surface area contributed by atoms with Crippen molar-refractivity contribution in [1.29, 1.82) is 0 Å². The molecule has 1 fully saturated rings. The van der Waals surface area contributed by atoms with Gasteiger partial charge in [0.1, 0.15) is 5.75 Å². The second kappa shape index (κ2) is 12.5. The minimum absolute atomic E-state index is 0. The summed E-state index contributed by atoms with van der Waals surface area (Å²) in [5.41, 5.74) is 2.80. The van der Waals surface area contributed by atoms with E-state index in [4.69, 9.17) is 4.74 Å². The summed E-state index contributed by atoms with van der Waals surface area (Å²) < 4.78 is 5.97. The lowest BCUT2D eigenvalue weighted by molar-refractivity contribution is 0.198. The summed E-state index contributed by atoms with van der Waals surface area (Å²) in [5.74, 6) is 0.978. The number of hydrogen-bond acceptors (Lipinski definition) is 3. The number of likely N-dealkylation sites (tertiary alicyclic amines) is 1. The summed E-state index contributed by atoms with van der Waals surface area (Å²) in [4.78, 5) is 2.58. The number of piperidine rings is 1. The third-order valence-electron chi connectivity index (χ3n) is 6.34. The van der Waals surface area contributed by atoms with E-state index in [2.05, 4.69) is 97.7 Å². The van der Waals surface area contributed by atoms with Crippen LogP contribution < -0.4 is 10.1 Å². The zero-order valence-electron chi connectivity index (χ0n) is 20.0. The lowest BCUT2D eigenvalue weighted by atomic mass is 9.87. The van der Waals surface area contributed by atoms with Gasteiger partial charge in [0, 0.05) is 36.7 Å². The van der Waals surface area contributed by atoms with Gasteiger partial charge < -0.3 is 15.0 Å². The highest BCUT2D eigenvalue weighted by molar-refractivity contribution is 5.93. The quantitative estimate of drug-likeness (QED) is 0.352. The van der Waals surface area contributed by atoms with Crippen LogP contribution in [0.2, 0.25) is 0 Å². The van der Waals surface area contributed by atoms with Crippen LogP contribution in [-0.2, 0) is 5.41 Å². The van der Waals surface area contributed by atoms with Crippen molar-refractivity contribution in [3.63, 3.8) is 0 Å². The monoisotopic (exact) mass is 488 g/mol. The number of nitrogens with zero attached hydrogens (tertiary/aromatic N) is 1. The van der Waals surface area contributed by atoms with Crippen molar-refractivity contribution in [2.24, 2.45) is 0 Å². The molecule has 0 unspecified atom stereocenters. The first-order valence-electron chi connectivity index (χ1n) is 11.7. The van der Waals surface area contributed by atoms with Gasteiger partial charge in [-0.3, -0.25) is 0 Å². The van der Waals surface area contributed by atoms with Crippen LogP contribution in [0.15, 0.2) is 66.7 Å². The minimum atomic E-state index is 0. The normalized spacial score (nSPS) is 14.9. The van der Waals surface area contributed by atoms with Crippen LogP contribution in [-0.4, -0.2) is 37.2 Å². The molecule has 1 aliphatic rings. The summed E-state index contributed by atoms with van der Waals surface area (Å²) in [6, 6.07) is 24.3. The molecule has 4 rings (SSSR count). The lowest BCUT2D eigenvalue weighted by Gasteiger charge is -2.33. The molecular formula is C28H38Cl2N2O. The number of rotatable bonds is 7. The number of anilines is 1. The van der Waals surface area contributed by atoms with Crippen molar-refractivity contribution in [3.05, 3.63) is 72.3 Å². The Balaban J connectivity index is 0.00000193. The fraction of sp³-hybridized carbons (Fsp3) is 0.429. The standard InChI is InChI=1S/C28H36N2O.2ClH/c1-28(2,3)23-12-14-25(15-13-23)31-21-7-18-30-19-16-24(17-20-30)29-27-11-6-9-22-8-4-5-10-26(22)27;;/h4-6,8-15,24,29H,7,16-21H2,1-3H3;2*1H. The number of ether oxygens (including phenoxy) is 1. The minimum Gasteiger partial charge on any atom is -0.494 e. The summed E-state index contributed by atoms with van der Waals surface area (Å²) in [6.45, 7) is 10.9. The van der Waals surface area contributed by atoms with E-state index in [0.717, 1.165) is 38.4 Å². The van der Waals surface area contributed by atoms with Crippen LogP contribution in [0.1, 0.15) is 45.6 Å². The number of fused-ring (bicyclic) bond motifs is 1. The molecule has 1 saturated heterocycles. The molecule has 0 atom stereocenters. The molecule has 0 aromatic heterocycles. The fourth-order valence-electron chi connectivity index (χ4n) is 4.40. The summed E-state index contributed by atoms with van der Waals surface area (Å²) in [6.07, 6.45) is 3.46. The molecule has 3 aromatic rings. The SMILES string of the molecule is CC(C)(C)c1ccc(OCCCN2CCC(Nc3cccc4ccccc34)CC2)cc1.Cl.Cl. The first-order chi connectivity index (χ1) is 15.0. The third kappa shape index (κ3) is 7.53. The first-order valence-corrected chi connectivity index (χ1v) is 11.7. The molecule has 180 valence electrons. The highest BCUT2D eigenvalue weighted by Gasteiger charge is 2.19. The van der Waals surface area contributed by atoms with Gasteiger partial charge in [0.25, 0.3) is 0 Å². The fourth-order valence-corrected chi connectivity index (χ4v) is 4.40. The maximum absolute atomic E-state index is 5.97. The molecule has 0 amide bonds. The summed E-state index contributed by atoms with van der Waals surface area (Å²) >= 11 is 0. The van der Waals surface area contributed by atoms with Crippen molar-refractivity contribution in [2.75, 3.05) is 31.6 Å². The Labute approximate surface area is 211 Å². The Morgan fingerprint density at radius 1 is 0.879 bits per heavy atom. The predicted molar refractivity (Wildman–Crippen MR) is 147 cm³/mol. The summed E-state index contributed by atoms with van der Waals surface area (Å²) in [5, 5.41) is 6.42. The van der Waals surface area contributed by atoms with Crippen LogP contribution in [0.4, 0.5) is 5.69 Å². The molecular weight excluding hydrogens is 451 g/mol. The molecule has 0 spiro atoms. The van der Waals surface area contributed by atoms with Gasteiger partial charge in [-0.15, -0.1) is 24.8 Å². The Hall–Kier alpha value is -1.94. The van der Waals surface area contributed by atoms with Crippen LogP contribution in [0.25, 0.3) is 10.8 Å². The average molecular weight is 490 g/mol. The van der Waals surface area contributed by atoms with Gasteiger partial charge in [-0.05, 0) is 53.8 Å². The molecule has 5 heteroatoms. The van der Waals surface area contributed by atoms with Gasteiger partial charge in [0.05, 0.1) is 6.61 Å². The van der Waals surface area contributed by atoms with Crippen molar-refractivity contribution < 1.29 is 4.74 Å². The van der Waals surface area contributed by atoms with E-state index in [1.807, 2.05) is 0 Å². The zero-order valence-corrected chi connectivity index (χ0v) is 21.7. The molecule has 0 bridgehead atoms. The number of nitrogens with one attached hydrogen (secondary N) is 1. The van der Waals surface area contributed by atoms with E-state index in [0.29, 0.717) is 6.04 Å². The predicted octanol–water partition coefficient (Wildman–Crippen LogP) is 7.33. The Morgan fingerprint density at radius 2 is 1.55 bits per heavy atom. The zero-order chi connectivity index (χ0) is 21.7. The van der Waals surface area contributed by atoms with Crippen LogP contribution in [0.3, 0.4) is 0 Å². The molecule has 1 heterocycles. The molecule has 0 saturated carbocycles. The maximum atomic E-state index is 5.97. The topological polar surface area (TPSA) is 24.5 Å². The first kappa shape index (κ1) is 27.3. The van der Waals surface area contributed by atoms with E-state index in [9.17, 15) is 0 Å². The average Bonchev–Trinajstić information content (AvgIpc) is 2.78. The molecule has 0 aliphatic carbocycles. The van der Waals surface area contributed by atoms with E-state index in [1.54, 1.807) is 0 Å². The maximum Gasteiger partial charge on any atom is 0.119 e. The molecule has 3 nitrogen and oxygen atoms in total. The third-order valence-corrected chi connectivity index (χ3v) is 6.34. The van der Waals surface area contributed by atoms with Crippen molar-refractivity contribution in [1.82, 2.24) is 4.90 Å². The smallest absolute Gasteiger partial charge is 0.119 e. The van der Waals surface area contributed by atoms with Crippen LogP contribution in [0.5, 0.6) is 5.75 Å². The van der Waals surface area contributed by atoms with E-state index < -0.39 is 0 Å². The lowest BCUT2D eigenvalue weighted by Crippen LogP contribution is -2.39. The highest BCUT2D eigenvalue weighted by Crippen LogP contribution is 2.26. The van der Waals surface area contributed by atoms with Gasteiger partial charge in [-0.2, -0.15) is 0 Å². The Morgan fingerprint density at radius 3 is 2.24 bits per heavy atom. The molecule has 1 aliphatic heterocycles. The largest absolute Gasteiger partial charge is 0.494 e. The van der Waals surface area contributed by atoms with Gasteiger partial charge in [0.15, 0.2) is 0 Å². The van der Waals surface area contributed by atoms with Crippen molar-refractivity contribution >= 4 is 41.3 Å². The van der Waals surface area contributed by atoms with Crippen LogP contribution in [0, 0.1) is 0 Å². The van der Waals surface area contributed by atoms with Gasteiger partial charge in [-0.1, -0.05) is 69.3 Å². The van der Waals surface area contributed by atoms with E-state index in [-0.39, 0.29) is 30.2 Å². The van der Waals surface area contributed by atoms with Gasteiger partial charge in [0.2, 0.25) is 0 Å². The summed E-state index contributed by atoms with van der Waals surface area (Å²) in [7, 11) is 0. The molecule has 1 N–H and O–H groups in total. The van der Waals surface area contributed by atoms with Crippen molar-refractivity contribution in [2.45, 2.75) is 51.5 Å². The highest BCUT2D eigenvalue weighted by atomic mass is 35.5. The van der Waals surface area contributed by atoms with E-state index in [1.165, 1.54) is 34.9 Å².